The first-order chi connectivity index (χ1) is 10.0. The molecule has 0 spiro atoms. The topological polar surface area (TPSA) is 87.7 Å². The van der Waals surface area contributed by atoms with Gasteiger partial charge < -0.3 is 15.4 Å². The van der Waals surface area contributed by atoms with Crippen LogP contribution in [-0.4, -0.2) is 49.6 Å². The van der Waals surface area contributed by atoms with Crippen LogP contribution in [0.3, 0.4) is 0 Å². The Bertz CT molecular complexity index is 591. The standard InChI is InChI=1S/C13H14ClN3O4/c1-21-12(19)9-6-8(2-3-10(9)14)16-7-11(18)17-5-4-15-13(17)20/h2-3,6,16H,4-5,7H2,1H3,(H,15,20). The summed E-state index contributed by atoms with van der Waals surface area (Å²) in [6.07, 6.45) is 0. The number of benzene rings is 1. The highest BCUT2D eigenvalue weighted by atomic mass is 35.5. The number of halogens is 1. The molecule has 0 aliphatic carbocycles. The normalized spacial score (nSPS) is 13.8. The number of carbonyl (C=O) groups excluding carboxylic acids is 3. The van der Waals surface area contributed by atoms with Crippen molar-refractivity contribution in [1.82, 2.24) is 10.2 Å². The maximum Gasteiger partial charge on any atom is 0.339 e. The number of esters is 1. The van der Waals surface area contributed by atoms with Crippen molar-refractivity contribution in [1.29, 1.82) is 0 Å². The van der Waals surface area contributed by atoms with Gasteiger partial charge in [-0.05, 0) is 18.2 Å². The number of anilines is 1. The van der Waals surface area contributed by atoms with E-state index >= 15 is 0 Å². The number of methoxy groups -OCH3 is 1. The second-order valence-electron chi connectivity index (χ2n) is 4.32. The third-order valence-electron chi connectivity index (χ3n) is 2.97. The lowest BCUT2D eigenvalue weighted by Gasteiger charge is -2.13. The minimum atomic E-state index is -0.561. The van der Waals surface area contributed by atoms with Crippen LogP contribution in [-0.2, 0) is 9.53 Å². The van der Waals surface area contributed by atoms with Crippen LogP contribution in [0.4, 0.5) is 10.5 Å². The fourth-order valence-corrected chi connectivity index (χ4v) is 2.08. The van der Waals surface area contributed by atoms with E-state index in [2.05, 4.69) is 15.4 Å². The second kappa shape index (κ2) is 6.45. The molecule has 0 radical (unpaired) electrons. The molecule has 1 aromatic carbocycles. The summed E-state index contributed by atoms with van der Waals surface area (Å²) in [5.41, 5.74) is 0.739. The van der Waals surface area contributed by atoms with Crippen LogP contribution in [0.25, 0.3) is 0 Å². The van der Waals surface area contributed by atoms with Gasteiger partial charge in [-0.15, -0.1) is 0 Å². The number of carbonyl (C=O) groups is 3. The highest BCUT2D eigenvalue weighted by Crippen LogP contribution is 2.21. The minimum Gasteiger partial charge on any atom is -0.465 e. The lowest BCUT2D eigenvalue weighted by Crippen LogP contribution is -2.38. The van der Waals surface area contributed by atoms with Crippen molar-refractivity contribution in [2.24, 2.45) is 0 Å². The van der Waals surface area contributed by atoms with Crippen molar-refractivity contribution in [3.05, 3.63) is 28.8 Å². The average Bonchev–Trinajstić information content (AvgIpc) is 2.91. The van der Waals surface area contributed by atoms with Crippen LogP contribution in [0.2, 0.25) is 5.02 Å². The molecule has 0 unspecified atom stereocenters. The lowest BCUT2D eigenvalue weighted by atomic mass is 10.2. The van der Waals surface area contributed by atoms with E-state index < -0.39 is 12.0 Å². The van der Waals surface area contributed by atoms with Crippen molar-refractivity contribution in [3.63, 3.8) is 0 Å². The van der Waals surface area contributed by atoms with Gasteiger partial charge in [-0.3, -0.25) is 9.69 Å². The molecule has 0 aromatic heterocycles. The molecule has 3 amide bonds. The van der Waals surface area contributed by atoms with E-state index in [0.29, 0.717) is 18.8 Å². The van der Waals surface area contributed by atoms with Gasteiger partial charge in [0, 0.05) is 18.8 Å². The average molecular weight is 312 g/mol. The van der Waals surface area contributed by atoms with E-state index in [0.717, 1.165) is 4.90 Å². The van der Waals surface area contributed by atoms with Crippen LogP contribution in [0.1, 0.15) is 10.4 Å². The predicted octanol–water partition coefficient (Wildman–Crippen LogP) is 1.09. The zero-order valence-electron chi connectivity index (χ0n) is 11.3. The third-order valence-corrected chi connectivity index (χ3v) is 3.30. The summed E-state index contributed by atoms with van der Waals surface area (Å²) in [7, 11) is 1.26. The summed E-state index contributed by atoms with van der Waals surface area (Å²) in [6.45, 7) is 0.751. The van der Waals surface area contributed by atoms with Gasteiger partial charge in [0.05, 0.1) is 24.2 Å². The number of imide groups is 1. The zero-order valence-corrected chi connectivity index (χ0v) is 12.1. The van der Waals surface area contributed by atoms with E-state index in [1.165, 1.54) is 19.2 Å². The Kier molecular flexibility index (Phi) is 4.64. The van der Waals surface area contributed by atoms with Crippen molar-refractivity contribution < 1.29 is 19.1 Å². The fourth-order valence-electron chi connectivity index (χ4n) is 1.88. The molecule has 2 rings (SSSR count). The summed E-state index contributed by atoms with van der Waals surface area (Å²) in [6, 6.07) is 4.26. The maximum atomic E-state index is 11.9. The quantitative estimate of drug-likeness (QED) is 0.813. The number of ether oxygens (including phenoxy) is 1. The molecule has 0 atom stereocenters. The van der Waals surface area contributed by atoms with Gasteiger partial charge in [0.1, 0.15) is 0 Å². The predicted molar refractivity (Wildman–Crippen MR) is 76.4 cm³/mol. The first kappa shape index (κ1) is 15.1. The Balaban J connectivity index is 2.01. The number of rotatable bonds is 4. The van der Waals surface area contributed by atoms with Gasteiger partial charge in [0.25, 0.3) is 0 Å². The molecule has 7 nitrogen and oxygen atoms in total. The largest absolute Gasteiger partial charge is 0.465 e. The Hall–Kier alpha value is -2.28. The third kappa shape index (κ3) is 3.43. The Labute approximate surface area is 126 Å². The Morgan fingerprint density at radius 3 is 2.86 bits per heavy atom. The van der Waals surface area contributed by atoms with Crippen molar-refractivity contribution >= 4 is 35.2 Å². The summed E-state index contributed by atoms with van der Waals surface area (Å²) in [5.74, 6) is -0.909. The van der Waals surface area contributed by atoms with Gasteiger partial charge in [0.15, 0.2) is 0 Å². The van der Waals surface area contributed by atoms with Crippen LogP contribution in [0, 0.1) is 0 Å². The number of hydrogen-bond acceptors (Lipinski definition) is 5. The molecular weight excluding hydrogens is 298 g/mol. The second-order valence-corrected chi connectivity index (χ2v) is 4.72. The number of nitrogens with zero attached hydrogens (tertiary/aromatic N) is 1. The molecule has 21 heavy (non-hydrogen) atoms. The Morgan fingerprint density at radius 2 is 2.24 bits per heavy atom. The van der Waals surface area contributed by atoms with Gasteiger partial charge in [0.2, 0.25) is 5.91 Å². The minimum absolute atomic E-state index is 0.0599. The van der Waals surface area contributed by atoms with Crippen molar-refractivity contribution in [2.75, 3.05) is 32.1 Å². The maximum absolute atomic E-state index is 11.9. The highest BCUT2D eigenvalue weighted by Gasteiger charge is 2.25. The molecule has 1 heterocycles. The van der Waals surface area contributed by atoms with Crippen LogP contribution in [0.5, 0.6) is 0 Å². The Morgan fingerprint density at radius 1 is 1.48 bits per heavy atom. The monoisotopic (exact) mass is 311 g/mol. The van der Waals surface area contributed by atoms with E-state index in [1.807, 2.05) is 0 Å². The number of urea groups is 1. The SMILES string of the molecule is COC(=O)c1cc(NCC(=O)N2CCNC2=O)ccc1Cl. The first-order valence-electron chi connectivity index (χ1n) is 6.23. The van der Waals surface area contributed by atoms with Crippen LogP contribution < -0.4 is 10.6 Å². The molecule has 1 aliphatic heterocycles. The summed E-state index contributed by atoms with van der Waals surface area (Å²) >= 11 is 5.90. The van der Waals surface area contributed by atoms with Crippen molar-refractivity contribution in [3.8, 4) is 0 Å². The molecule has 1 saturated heterocycles. The summed E-state index contributed by atoms with van der Waals surface area (Å²) in [5, 5.41) is 5.66. The van der Waals surface area contributed by atoms with E-state index in [4.69, 9.17) is 11.6 Å². The summed E-state index contributed by atoms with van der Waals surface area (Å²) in [4.78, 5) is 35.8. The molecule has 112 valence electrons. The number of nitrogens with one attached hydrogen (secondary N) is 2. The van der Waals surface area contributed by atoms with Gasteiger partial charge in [-0.25, -0.2) is 9.59 Å². The van der Waals surface area contributed by atoms with Crippen LogP contribution in [0.15, 0.2) is 18.2 Å². The molecule has 2 N–H and O–H groups in total. The van der Waals surface area contributed by atoms with Gasteiger partial charge >= 0.3 is 12.0 Å². The molecule has 8 heteroatoms. The van der Waals surface area contributed by atoms with E-state index in [-0.39, 0.29) is 23.0 Å². The lowest BCUT2D eigenvalue weighted by molar-refractivity contribution is -0.125. The molecule has 1 aromatic rings. The van der Waals surface area contributed by atoms with Gasteiger partial charge in [-0.2, -0.15) is 0 Å². The molecular formula is C13H14ClN3O4. The highest BCUT2D eigenvalue weighted by molar-refractivity contribution is 6.33. The molecule has 0 saturated carbocycles. The molecule has 0 bridgehead atoms. The zero-order chi connectivity index (χ0) is 15.4. The molecule has 1 fully saturated rings. The van der Waals surface area contributed by atoms with E-state index in [1.54, 1.807) is 6.07 Å². The van der Waals surface area contributed by atoms with Crippen molar-refractivity contribution in [2.45, 2.75) is 0 Å². The fraction of sp³-hybridized carbons (Fsp3) is 0.308. The number of hydrogen-bond donors (Lipinski definition) is 2. The van der Waals surface area contributed by atoms with E-state index in [9.17, 15) is 14.4 Å². The summed E-state index contributed by atoms with van der Waals surface area (Å²) < 4.78 is 4.61. The first-order valence-corrected chi connectivity index (χ1v) is 6.60. The smallest absolute Gasteiger partial charge is 0.339 e. The van der Waals surface area contributed by atoms with Crippen LogP contribution >= 0.6 is 11.6 Å². The van der Waals surface area contributed by atoms with Gasteiger partial charge in [-0.1, -0.05) is 11.6 Å². The molecule has 1 aliphatic rings. The number of amides is 3.